The van der Waals surface area contributed by atoms with E-state index in [2.05, 4.69) is 10.6 Å². The summed E-state index contributed by atoms with van der Waals surface area (Å²) >= 11 is 0. The van der Waals surface area contributed by atoms with Crippen molar-refractivity contribution in [1.29, 1.82) is 0 Å². The Labute approximate surface area is 132 Å². The van der Waals surface area contributed by atoms with Crippen LogP contribution in [0.25, 0.3) is 0 Å². The second-order valence-corrected chi connectivity index (χ2v) is 6.14. The maximum atomic E-state index is 12.4. The van der Waals surface area contributed by atoms with Gasteiger partial charge in [0.15, 0.2) is 0 Å². The van der Waals surface area contributed by atoms with Crippen LogP contribution in [0.15, 0.2) is 0 Å². The average Bonchev–Trinajstić information content (AvgIpc) is 2.52. The van der Waals surface area contributed by atoms with Gasteiger partial charge in [0.2, 0.25) is 11.8 Å². The lowest BCUT2D eigenvalue weighted by Gasteiger charge is -2.33. The van der Waals surface area contributed by atoms with Gasteiger partial charge >= 0.3 is 0 Å². The zero-order valence-corrected chi connectivity index (χ0v) is 13.6. The van der Waals surface area contributed by atoms with Gasteiger partial charge in [0, 0.05) is 32.3 Å². The first kappa shape index (κ1) is 17.2. The van der Waals surface area contributed by atoms with Gasteiger partial charge in [0.05, 0.1) is 19.1 Å². The number of nitrogens with one attached hydrogen (secondary N) is 2. The molecule has 2 N–H and O–H groups in total. The molecule has 2 aliphatic rings. The Hall–Kier alpha value is -1.14. The molecule has 2 rings (SSSR count). The standard InChI is InChI=1S/C16H29N3O3/c1-2-22-11-10-19-9-8-17-14(16(19)21)12-15(20)18-13-6-4-3-5-7-13/h13-14,17H,2-12H2,1H3,(H,18,20). The first-order chi connectivity index (χ1) is 10.7. The minimum absolute atomic E-state index is 0.00981. The summed E-state index contributed by atoms with van der Waals surface area (Å²) in [5, 5.41) is 6.24. The molecule has 2 amide bonds. The minimum atomic E-state index is -0.390. The molecule has 1 saturated carbocycles. The van der Waals surface area contributed by atoms with E-state index >= 15 is 0 Å². The van der Waals surface area contributed by atoms with Crippen LogP contribution < -0.4 is 10.6 Å². The Morgan fingerprint density at radius 2 is 2.14 bits per heavy atom. The summed E-state index contributed by atoms with van der Waals surface area (Å²) in [5.74, 6) is 0.00848. The van der Waals surface area contributed by atoms with Gasteiger partial charge in [-0.05, 0) is 19.8 Å². The van der Waals surface area contributed by atoms with Gasteiger partial charge in [-0.25, -0.2) is 0 Å². The van der Waals surface area contributed by atoms with E-state index in [1.54, 1.807) is 4.90 Å². The zero-order chi connectivity index (χ0) is 15.8. The monoisotopic (exact) mass is 311 g/mol. The predicted molar refractivity (Wildman–Crippen MR) is 84.5 cm³/mol. The molecule has 1 aliphatic carbocycles. The fourth-order valence-electron chi connectivity index (χ4n) is 3.21. The van der Waals surface area contributed by atoms with Crippen LogP contribution in [0, 0.1) is 0 Å². The lowest BCUT2D eigenvalue weighted by atomic mass is 9.95. The molecule has 1 unspecified atom stereocenters. The van der Waals surface area contributed by atoms with E-state index < -0.39 is 0 Å². The van der Waals surface area contributed by atoms with Gasteiger partial charge in [-0.1, -0.05) is 19.3 Å². The molecule has 6 nitrogen and oxygen atoms in total. The minimum Gasteiger partial charge on any atom is -0.380 e. The molecule has 22 heavy (non-hydrogen) atoms. The highest BCUT2D eigenvalue weighted by Crippen LogP contribution is 2.17. The van der Waals surface area contributed by atoms with Crippen molar-refractivity contribution in [3.05, 3.63) is 0 Å². The van der Waals surface area contributed by atoms with Crippen molar-refractivity contribution in [1.82, 2.24) is 15.5 Å². The van der Waals surface area contributed by atoms with E-state index in [0.717, 1.165) is 19.4 Å². The quantitative estimate of drug-likeness (QED) is 0.678. The number of hydrogen-bond acceptors (Lipinski definition) is 4. The van der Waals surface area contributed by atoms with Gasteiger partial charge in [-0.15, -0.1) is 0 Å². The zero-order valence-electron chi connectivity index (χ0n) is 13.6. The second-order valence-electron chi connectivity index (χ2n) is 6.14. The highest BCUT2D eigenvalue weighted by atomic mass is 16.5. The largest absolute Gasteiger partial charge is 0.380 e. The average molecular weight is 311 g/mol. The molecule has 0 radical (unpaired) electrons. The number of nitrogens with zero attached hydrogens (tertiary/aromatic N) is 1. The lowest BCUT2D eigenvalue weighted by Crippen LogP contribution is -2.57. The molecule has 0 spiro atoms. The third-order valence-electron chi connectivity index (χ3n) is 4.45. The van der Waals surface area contributed by atoms with E-state index in [4.69, 9.17) is 4.74 Å². The van der Waals surface area contributed by atoms with Crippen molar-refractivity contribution < 1.29 is 14.3 Å². The smallest absolute Gasteiger partial charge is 0.240 e. The molecule has 126 valence electrons. The SMILES string of the molecule is CCOCCN1CCNC(CC(=O)NC2CCCCC2)C1=O. The maximum Gasteiger partial charge on any atom is 0.240 e. The molecule has 6 heteroatoms. The summed E-state index contributed by atoms with van der Waals surface area (Å²) in [6.07, 6.45) is 6.02. The molecule has 0 aromatic heterocycles. The van der Waals surface area contributed by atoms with Crippen molar-refractivity contribution in [3.8, 4) is 0 Å². The van der Waals surface area contributed by atoms with Gasteiger partial charge in [-0.3, -0.25) is 9.59 Å². The molecule has 1 aliphatic heterocycles. The summed E-state index contributed by atoms with van der Waals surface area (Å²) < 4.78 is 5.31. The molecule has 0 aromatic rings. The van der Waals surface area contributed by atoms with E-state index in [1.807, 2.05) is 6.92 Å². The topological polar surface area (TPSA) is 70.7 Å². The summed E-state index contributed by atoms with van der Waals surface area (Å²) in [7, 11) is 0. The van der Waals surface area contributed by atoms with Gasteiger partial charge in [0.1, 0.15) is 0 Å². The Balaban J connectivity index is 1.75. The second kappa shape index (κ2) is 9.10. The highest BCUT2D eigenvalue weighted by Gasteiger charge is 2.30. The highest BCUT2D eigenvalue weighted by molar-refractivity contribution is 5.89. The number of amides is 2. The number of hydrogen-bond donors (Lipinski definition) is 2. The van der Waals surface area contributed by atoms with Gasteiger partial charge in [-0.2, -0.15) is 0 Å². The molecular formula is C16H29N3O3. The molecule has 0 bridgehead atoms. The Bertz CT molecular complexity index is 370. The fraction of sp³-hybridized carbons (Fsp3) is 0.875. The van der Waals surface area contributed by atoms with Crippen LogP contribution >= 0.6 is 0 Å². The first-order valence-electron chi connectivity index (χ1n) is 8.60. The number of ether oxygens (including phenoxy) is 1. The molecule has 0 aromatic carbocycles. The fourth-order valence-corrected chi connectivity index (χ4v) is 3.21. The first-order valence-corrected chi connectivity index (χ1v) is 8.60. The van der Waals surface area contributed by atoms with Crippen molar-refractivity contribution in [2.75, 3.05) is 32.8 Å². The van der Waals surface area contributed by atoms with E-state index in [1.165, 1.54) is 19.3 Å². The summed E-state index contributed by atoms with van der Waals surface area (Å²) in [6.45, 7) is 5.19. The number of carbonyl (C=O) groups excluding carboxylic acids is 2. The normalized spacial score (nSPS) is 23.6. The Kier molecular flexibility index (Phi) is 7.12. The predicted octanol–water partition coefficient (Wildman–Crippen LogP) is 0.662. The molecular weight excluding hydrogens is 282 g/mol. The van der Waals surface area contributed by atoms with E-state index in [9.17, 15) is 9.59 Å². The van der Waals surface area contributed by atoms with Crippen LogP contribution in [0.2, 0.25) is 0 Å². The van der Waals surface area contributed by atoms with Crippen LogP contribution in [0.5, 0.6) is 0 Å². The van der Waals surface area contributed by atoms with E-state index in [0.29, 0.717) is 32.3 Å². The van der Waals surface area contributed by atoms with Crippen LogP contribution in [0.4, 0.5) is 0 Å². The van der Waals surface area contributed by atoms with Gasteiger partial charge in [0.25, 0.3) is 0 Å². The molecule has 1 atom stereocenters. The lowest BCUT2D eigenvalue weighted by molar-refractivity contribution is -0.139. The summed E-state index contributed by atoms with van der Waals surface area (Å²) in [5.41, 5.74) is 0. The van der Waals surface area contributed by atoms with Crippen LogP contribution in [0.1, 0.15) is 45.4 Å². The molecule has 1 heterocycles. The van der Waals surface area contributed by atoms with Crippen molar-refractivity contribution in [3.63, 3.8) is 0 Å². The van der Waals surface area contributed by atoms with Crippen LogP contribution in [0.3, 0.4) is 0 Å². The molecule has 1 saturated heterocycles. The van der Waals surface area contributed by atoms with Crippen molar-refractivity contribution in [2.24, 2.45) is 0 Å². The number of carbonyl (C=O) groups is 2. The van der Waals surface area contributed by atoms with Gasteiger partial charge < -0.3 is 20.3 Å². The van der Waals surface area contributed by atoms with Crippen LogP contribution in [-0.2, 0) is 14.3 Å². The van der Waals surface area contributed by atoms with Crippen molar-refractivity contribution in [2.45, 2.75) is 57.5 Å². The Morgan fingerprint density at radius 3 is 2.86 bits per heavy atom. The van der Waals surface area contributed by atoms with Crippen LogP contribution in [-0.4, -0.2) is 61.6 Å². The number of rotatable bonds is 7. The molecule has 2 fully saturated rings. The Morgan fingerprint density at radius 1 is 1.36 bits per heavy atom. The summed E-state index contributed by atoms with van der Waals surface area (Å²) in [6, 6.07) is -0.0898. The van der Waals surface area contributed by atoms with E-state index in [-0.39, 0.29) is 24.3 Å². The third-order valence-corrected chi connectivity index (χ3v) is 4.45. The van der Waals surface area contributed by atoms with Crippen molar-refractivity contribution >= 4 is 11.8 Å². The maximum absolute atomic E-state index is 12.4. The third kappa shape index (κ3) is 5.25. The summed E-state index contributed by atoms with van der Waals surface area (Å²) in [4.78, 5) is 26.3. The number of piperazine rings is 1.